The molecule has 3 rings (SSSR count). The van der Waals surface area contributed by atoms with Gasteiger partial charge in [-0.3, -0.25) is 0 Å². The van der Waals surface area contributed by atoms with Gasteiger partial charge in [0.25, 0.3) is 0 Å². The highest BCUT2D eigenvalue weighted by atomic mass is 32.1. The van der Waals surface area contributed by atoms with Crippen LogP contribution in [0.1, 0.15) is 17.4 Å². The predicted octanol–water partition coefficient (Wildman–Crippen LogP) is 3.61. The molecule has 4 nitrogen and oxygen atoms in total. The summed E-state index contributed by atoms with van der Waals surface area (Å²) in [7, 11) is 0. The highest BCUT2D eigenvalue weighted by molar-refractivity contribution is 7.18. The number of rotatable bonds is 4. The molecule has 1 aromatic carbocycles. The minimum absolute atomic E-state index is 0.754. The molecular weight excluding hydrogens is 280 g/mol. The third-order valence-electron chi connectivity index (χ3n) is 3.53. The van der Waals surface area contributed by atoms with Gasteiger partial charge in [0, 0.05) is 23.7 Å². The van der Waals surface area contributed by atoms with Crippen molar-refractivity contribution in [2.75, 3.05) is 17.2 Å². The van der Waals surface area contributed by atoms with Gasteiger partial charge in [-0.15, -0.1) is 11.3 Å². The maximum atomic E-state index is 6.06. The van der Waals surface area contributed by atoms with Crippen LogP contribution in [0, 0.1) is 6.92 Å². The van der Waals surface area contributed by atoms with Crippen LogP contribution >= 0.6 is 11.3 Å². The minimum atomic E-state index is 0.754. The first-order valence-electron chi connectivity index (χ1n) is 6.98. The number of anilines is 2. The number of aromatic nitrogens is 2. The molecule has 0 atom stereocenters. The van der Waals surface area contributed by atoms with Gasteiger partial charge in [0.05, 0.1) is 5.39 Å². The van der Waals surface area contributed by atoms with Crippen molar-refractivity contribution < 1.29 is 0 Å². The van der Waals surface area contributed by atoms with Crippen molar-refractivity contribution in [2.45, 2.75) is 20.4 Å². The Morgan fingerprint density at radius 3 is 2.81 bits per heavy atom. The number of nitrogens with zero attached hydrogens (tertiary/aromatic N) is 3. The van der Waals surface area contributed by atoms with Crippen LogP contribution in [0.3, 0.4) is 0 Å². The van der Waals surface area contributed by atoms with Gasteiger partial charge in [-0.1, -0.05) is 18.2 Å². The van der Waals surface area contributed by atoms with Crippen LogP contribution in [-0.2, 0) is 6.54 Å². The maximum absolute atomic E-state index is 6.06. The zero-order valence-corrected chi connectivity index (χ0v) is 13.0. The summed E-state index contributed by atoms with van der Waals surface area (Å²) < 4.78 is 0. The Morgan fingerprint density at radius 1 is 1.24 bits per heavy atom. The lowest BCUT2D eigenvalue weighted by Gasteiger charge is -2.23. The quantitative estimate of drug-likeness (QED) is 0.748. The normalized spacial score (nSPS) is 11.0. The summed E-state index contributed by atoms with van der Waals surface area (Å²) in [6.07, 6.45) is 1.64. The number of fused-ring (bicyclic) bond motifs is 1. The number of nitrogen functional groups attached to an aromatic ring is 1. The monoisotopic (exact) mass is 298 g/mol. The molecule has 3 aromatic rings. The van der Waals surface area contributed by atoms with Crippen molar-refractivity contribution in [1.29, 1.82) is 0 Å². The first kappa shape index (κ1) is 13.8. The number of para-hydroxylation sites is 1. The number of nitrogens with two attached hydrogens (primary N) is 1. The molecular formula is C16H18N4S. The Balaban J connectivity index is 2.00. The van der Waals surface area contributed by atoms with Crippen molar-refractivity contribution in [2.24, 2.45) is 0 Å². The summed E-state index contributed by atoms with van der Waals surface area (Å²) in [6.45, 7) is 5.85. The molecule has 21 heavy (non-hydrogen) atoms. The van der Waals surface area contributed by atoms with E-state index < -0.39 is 0 Å². The van der Waals surface area contributed by atoms with Crippen LogP contribution in [-0.4, -0.2) is 16.5 Å². The van der Waals surface area contributed by atoms with Gasteiger partial charge in [-0.05, 0) is 31.5 Å². The van der Waals surface area contributed by atoms with Crippen molar-refractivity contribution in [1.82, 2.24) is 9.97 Å². The van der Waals surface area contributed by atoms with Crippen molar-refractivity contribution >= 4 is 33.1 Å². The molecule has 5 heteroatoms. The molecule has 2 aromatic heterocycles. The molecule has 2 N–H and O–H groups in total. The third-order valence-corrected chi connectivity index (χ3v) is 4.49. The van der Waals surface area contributed by atoms with Gasteiger partial charge in [0.1, 0.15) is 17.0 Å². The first-order valence-corrected chi connectivity index (χ1v) is 7.80. The van der Waals surface area contributed by atoms with E-state index in [0.717, 1.165) is 40.4 Å². The van der Waals surface area contributed by atoms with Crippen LogP contribution in [0.2, 0.25) is 0 Å². The number of benzene rings is 1. The number of hydrogen-bond acceptors (Lipinski definition) is 5. The number of hydrogen-bond donors (Lipinski definition) is 1. The van der Waals surface area contributed by atoms with E-state index in [2.05, 4.69) is 40.8 Å². The second-order valence-electron chi connectivity index (χ2n) is 4.99. The van der Waals surface area contributed by atoms with E-state index in [4.69, 9.17) is 5.73 Å². The first-order chi connectivity index (χ1) is 10.2. The van der Waals surface area contributed by atoms with Crippen molar-refractivity contribution in [3.8, 4) is 0 Å². The maximum Gasteiger partial charge on any atom is 0.141 e. The summed E-state index contributed by atoms with van der Waals surface area (Å²) in [6, 6.07) is 10.1. The fourth-order valence-electron chi connectivity index (χ4n) is 2.44. The Bertz CT molecular complexity index is 766. The summed E-state index contributed by atoms with van der Waals surface area (Å²) in [5.74, 6) is 0.982. The standard InChI is InChI=1S/C16H18N4S/c1-3-20(9-12-6-4-5-7-14(12)17)15-13-8-11(2)21-16(13)19-10-18-15/h4-8,10H,3,9,17H2,1-2H3. The van der Waals surface area contributed by atoms with Gasteiger partial charge in [-0.2, -0.15) is 0 Å². The average Bonchev–Trinajstić information content (AvgIpc) is 2.87. The van der Waals surface area contributed by atoms with Crippen LogP contribution in [0.4, 0.5) is 11.5 Å². The smallest absolute Gasteiger partial charge is 0.141 e. The third kappa shape index (κ3) is 2.69. The molecule has 0 saturated carbocycles. The van der Waals surface area contributed by atoms with E-state index in [1.165, 1.54) is 4.88 Å². The van der Waals surface area contributed by atoms with E-state index in [-0.39, 0.29) is 0 Å². The predicted molar refractivity (Wildman–Crippen MR) is 89.7 cm³/mol. The van der Waals surface area contributed by atoms with E-state index in [9.17, 15) is 0 Å². The van der Waals surface area contributed by atoms with Gasteiger partial charge >= 0.3 is 0 Å². The molecule has 2 heterocycles. The van der Waals surface area contributed by atoms with E-state index >= 15 is 0 Å². The molecule has 0 aliphatic heterocycles. The molecule has 0 aliphatic rings. The summed E-state index contributed by atoms with van der Waals surface area (Å²) in [5.41, 5.74) is 8.01. The zero-order valence-electron chi connectivity index (χ0n) is 12.2. The molecule has 0 bridgehead atoms. The summed E-state index contributed by atoms with van der Waals surface area (Å²) >= 11 is 1.70. The Labute approximate surface area is 128 Å². The largest absolute Gasteiger partial charge is 0.398 e. The molecule has 0 spiro atoms. The lowest BCUT2D eigenvalue weighted by molar-refractivity contribution is 0.818. The summed E-state index contributed by atoms with van der Waals surface area (Å²) in [5, 5.41) is 1.12. The van der Waals surface area contributed by atoms with E-state index in [0.29, 0.717) is 0 Å². The topological polar surface area (TPSA) is 55.0 Å². The lowest BCUT2D eigenvalue weighted by atomic mass is 10.1. The van der Waals surface area contributed by atoms with Crippen LogP contribution in [0.15, 0.2) is 36.7 Å². The van der Waals surface area contributed by atoms with Crippen LogP contribution < -0.4 is 10.6 Å². The Morgan fingerprint density at radius 2 is 2.05 bits per heavy atom. The second kappa shape index (κ2) is 5.69. The minimum Gasteiger partial charge on any atom is -0.398 e. The molecule has 0 amide bonds. The highest BCUT2D eigenvalue weighted by Crippen LogP contribution is 2.30. The fourth-order valence-corrected chi connectivity index (χ4v) is 3.28. The molecule has 0 saturated heterocycles. The molecule has 0 fully saturated rings. The van der Waals surface area contributed by atoms with Gasteiger partial charge < -0.3 is 10.6 Å². The molecule has 0 radical (unpaired) electrons. The van der Waals surface area contributed by atoms with E-state index in [1.54, 1.807) is 17.7 Å². The Hall–Kier alpha value is -2.14. The summed E-state index contributed by atoms with van der Waals surface area (Å²) in [4.78, 5) is 13.4. The lowest BCUT2D eigenvalue weighted by Crippen LogP contribution is -2.23. The van der Waals surface area contributed by atoms with Gasteiger partial charge in [0.15, 0.2) is 0 Å². The SMILES string of the molecule is CCN(Cc1ccccc1N)c1ncnc2sc(C)cc12. The second-order valence-corrected chi connectivity index (χ2v) is 6.22. The van der Waals surface area contributed by atoms with Crippen molar-refractivity contribution in [3.05, 3.63) is 47.1 Å². The molecule has 108 valence electrons. The Kier molecular flexibility index (Phi) is 3.75. The average molecular weight is 298 g/mol. The van der Waals surface area contributed by atoms with Crippen molar-refractivity contribution in [3.63, 3.8) is 0 Å². The van der Waals surface area contributed by atoms with Crippen LogP contribution in [0.25, 0.3) is 10.2 Å². The zero-order chi connectivity index (χ0) is 14.8. The molecule has 0 unspecified atom stereocenters. The van der Waals surface area contributed by atoms with E-state index in [1.807, 2.05) is 18.2 Å². The van der Waals surface area contributed by atoms with Gasteiger partial charge in [0.2, 0.25) is 0 Å². The highest BCUT2D eigenvalue weighted by Gasteiger charge is 2.14. The van der Waals surface area contributed by atoms with Crippen LogP contribution in [0.5, 0.6) is 0 Å². The fraction of sp³-hybridized carbons (Fsp3) is 0.250. The molecule has 0 aliphatic carbocycles. The number of aryl methyl sites for hydroxylation is 1. The number of thiophene rings is 1. The van der Waals surface area contributed by atoms with Gasteiger partial charge in [-0.25, -0.2) is 9.97 Å².